The Hall–Kier alpha value is -1.83. The van der Waals surface area contributed by atoms with E-state index >= 15 is 0 Å². The number of fused-ring (bicyclic) bond motifs is 1. The molecule has 0 atom stereocenters. The van der Waals surface area contributed by atoms with E-state index in [0.717, 1.165) is 0 Å². The third-order valence-electron chi connectivity index (χ3n) is 3.25. The van der Waals surface area contributed by atoms with Crippen LogP contribution in [0.2, 0.25) is 0 Å². The zero-order chi connectivity index (χ0) is 15.8. The van der Waals surface area contributed by atoms with Crippen LogP contribution >= 0.6 is 0 Å². The van der Waals surface area contributed by atoms with Crippen molar-refractivity contribution < 1.29 is 23.7 Å². The zero-order valence-electron chi connectivity index (χ0n) is 13.0. The highest BCUT2D eigenvalue weighted by atomic mass is 16.7. The van der Waals surface area contributed by atoms with Crippen LogP contribution in [0.1, 0.15) is 0 Å². The number of carbonyl (C=O) groups excluding carboxylic acids is 1. The normalized spacial score (nSPS) is 12.7. The van der Waals surface area contributed by atoms with Crippen LogP contribution in [0.3, 0.4) is 0 Å². The third kappa shape index (κ3) is 4.87. The van der Waals surface area contributed by atoms with Gasteiger partial charge in [-0.1, -0.05) is 0 Å². The van der Waals surface area contributed by atoms with Gasteiger partial charge in [-0.3, -0.25) is 9.69 Å². The van der Waals surface area contributed by atoms with Crippen molar-refractivity contribution >= 4 is 11.6 Å². The first-order valence-corrected chi connectivity index (χ1v) is 7.12. The SMILES string of the molecule is COCCN(CCOC)CC(=O)Nc1ccc2c(c1)OCO2. The highest BCUT2D eigenvalue weighted by Gasteiger charge is 2.15. The molecule has 1 amide bonds. The predicted octanol–water partition coefficient (Wildman–Crippen LogP) is 0.949. The first kappa shape index (κ1) is 16.5. The van der Waals surface area contributed by atoms with Crippen molar-refractivity contribution in [2.45, 2.75) is 0 Å². The minimum Gasteiger partial charge on any atom is -0.454 e. The van der Waals surface area contributed by atoms with Gasteiger partial charge in [0, 0.05) is 39.1 Å². The van der Waals surface area contributed by atoms with E-state index in [0.29, 0.717) is 43.5 Å². The summed E-state index contributed by atoms with van der Waals surface area (Å²) in [5, 5.41) is 2.86. The molecule has 0 saturated heterocycles. The molecule has 0 spiro atoms. The van der Waals surface area contributed by atoms with Gasteiger partial charge in [0.1, 0.15) is 0 Å². The van der Waals surface area contributed by atoms with Crippen LogP contribution < -0.4 is 14.8 Å². The van der Waals surface area contributed by atoms with Gasteiger partial charge in [0.15, 0.2) is 11.5 Å². The highest BCUT2D eigenvalue weighted by Crippen LogP contribution is 2.34. The van der Waals surface area contributed by atoms with Crippen LogP contribution in [-0.2, 0) is 14.3 Å². The van der Waals surface area contributed by atoms with Crippen molar-refractivity contribution in [1.29, 1.82) is 0 Å². The molecule has 7 heteroatoms. The molecule has 1 N–H and O–H groups in total. The number of hydrogen-bond donors (Lipinski definition) is 1. The fourth-order valence-electron chi connectivity index (χ4n) is 2.09. The summed E-state index contributed by atoms with van der Waals surface area (Å²) in [5.41, 5.74) is 0.688. The van der Waals surface area contributed by atoms with Crippen molar-refractivity contribution in [3.05, 3.63) is 18.2 Å². The molecule has 0 radical (unpaired) electrons. The number of amides is 1. The molecule has 0 aliphatic carbocycles. The van der Waals surface area contributed by atoms with E-state index in [1.165, 1.54) is 0 Å². The standard InChI is InChI=1S/C15H22N2O5/c1-19-7-5-17(6-8-20-2)10-15(18)16-12-3-4-13-14(9-12)22-11-21-13/h3-4,9H,5-8,10-11H2,1-2H3,(H,16,18). The predicted molar refractivity (Wildman–Crippen MR) is 81.4 cm³/mol. The van der Waals surface area contributed by atoms with E-state index in [-0.39, 0.29) is 19.2 Å². The molecular weight excluding hydrogens is 288 g/mol. The van der Waals surface area contributed by atoms with Gasteiger partial charge in [-0.25, -0.2) is 0 Å². The lowest BCUT2D eigenvalue weighted by atomic mass is 10.2. The summed E-state index contributed by atoms with van der Waals surface area (Å²) in [6.07, 6.45) is 0. The molecule has 1 aliphatic heterocycles. The summed E-state index contributed by atoms with van der Waals surface area (Å²) in [5.74, 6) is 1.25. The monoisotopic (exact) mass is 310 g/mol. The second-order valence-electron chi connectivity index (χ2n) is 4.88. The number of methoxy groups -OCH3 is 2. The summed E-state index contributed by atoms with van der Waals surface area (Å²) in [7, 11) is 3.28. The Bertz CT molecular complexity index is 487. The van der Waals surface area contributed by atoms with Gasteiger partial charge < -0.3 is 24.3 Å². The zero-order valence-corrected chi connectivity index (χ0v) is 13.0. The van der Waals surface area contributed by atoms with E-state index in [2.05, 4.69) is 5.32 Å². The lowest BCUT2D eigenvalue weighted by Crippen LogP contribution is -2.37. The first-order valence-electron chi connectivity index (χ1n) is 7.12. The Morgan fingerprint density at radius 1 is 1.18 bits per heavy atom. The van der Waals surface area contributed by atoms with Crippen molar-refractivity contribution in [3.63, 3.8) is 0 Å². The minimum atomic E-state index is -0.0916. The van der Waals surface area contributed by atoms with Gasteiger partial charge in [0.05, 0.1) is 19.8 Å². The van der Waals surface area contributed by atoms with Gasteiger partial charge in [0.25, 0.3) is 0 Å². The highest BCUT2D eigenvalue weighted by molar-refractivity contribution is 5.92. The molecule has 0 fully saturated rings. The Morgan fingerprint density at radius 2 is 1.86 bits per heavy atom. The summed E-state index contributed by atoms with van der Waals surface area (Å²) in [6.45, 7) is 2.99. The maximum absolute atomic E-state index is 12.1. The van der Waals surface area contributed by atoms with E-state index in [9.17, 15) is 4.79 Å². The van der Waals surface area contributed by atoms with Crippen LogP contribution in [0.4, 0.5) is 5.69 Å². The molecule has 1 aromatic carbocycles. The Kier molecular flexibility index (Phi) is 6.45. The number of nitrogens with one attached hydrogen (secondary N) is 1. The molecule has 0 unspecified atom stereocenters. The van der Waals surface area contributed by atoms with Crippen LogP contribution in [-0.4, -0.2) is 64.7 Å². The molecule has 1 aliphatic rings. The fraction of sp³-hybridized carbons (Fsp3) is 0.533. The van der Waals surface area contributed by atoms with E-state index in [1.54, 1.807) is 32.4 Å². The number of ether oxygens (including phenoxy) is 4. The average Bonchev–Trinajstić information content (AvgIpc) is 2.97. The average molecular weight is 310 g/mol. The molecule has 7 nitrogen and oxygen atoms in total. The van der Waals surface area contributed by atoms with Crippen molar-refractivity contribution in [2.75, 3.05) is 59.2 Å². The molecule has 0 aromatic heterocycles. The largest absolute Gasteiger partial charge is 0.454 e. The minimum absolute atomic E-state index is 0.0916. The smallest absolute Gasteiger partial charge is 0.238 e. The van der Waals surface area contributed by atoms with Crippen molar-refractivity contribution in [2.24, 2.45) is 0 Å². The molecule has 2 rings (SSSR count). The molecular formula is C15H22N2O5. The van der Waals surface area contributed by atoms with Crippen LogP contribution in [0.15, 0.2) is 18.2 Å². The van der Waals surface area contributed by atoms with Gasteiger partial charge in [-0.05, 0) is 12.1 Å². The summed E-state index contributed by atoms with van der Waals surface area (Å²) >= 11 is 0. The van der Waals surface area contributed by atoms with Gasteiger partial charge in [-0.15, -0.1) is 0 Å². The first-order chi connectivity index (χ1) is 10.7. The summed E-state index contributed by atoms with van der Waals surface area (Å²) < 4.78 is 20.6. The number of rotatable bonds is 9. The number of benzene rings is 1. The number of nitrogens with zero attached hydrogens (tertiary/aromatic N) is 1. The van der Waals surface area contributed by atoms with E-state index in [1.807, 2.05) is 4.90 Å². The quantitative estimate of drug-likeness (QED) is 0.732. The molecule has 22 heavy (non-hydrogen) atoms. The maximum atomic E-state index is 12.1. The Balaban J connectivity index is 1.86. The topological polar surface area (TPSA) is 69.3 Å². The third-order valence-corrected chi connectivity index (χ3v) is 3.25. The second-order valence-corrected chi connectivity index (χ2v) is 4.88. The number of hydrogen-bond acceptors (Lipinski definition) is 6. The van der Waals surface area contributed by atoms with E-state index in [4.69, 9.17) is 18.9 Å². The summed E-state index contributed by atoms with van der Waals surface area (Å²) in [6, 6.07) is 5.33. The lowest BCUT2D eigenvalue weighted by molar-refractivity contribution is -0.117. The van der Waals surface area contributed by atoms with Gasteiger partial charge in [-0.2, -0.15) is 0 Å². The molecule has 1 heterocycles. The molecule has 1 aromatic rings. The number of anilines is 1. The van der Waals surface area contributed by atoms with Crippen LogP contribution in [0.5, 0.6) is 11.5 Å². The van der Waals surface area contributed by atoms with Gasteiger partial charge >= 0.3 is 0 Å². The van der Waals surface area contributed by atoms with Crippen molar-refractivity contribution in [1.82, 2.24) is 4.90 Å². The maximum Gasteiger partial charge on any atom is 0.238 e. The van der Waals surface area contributed by atoms with Crippen LogP contribution in [0.25, 0.3) is 0 Å². The van der Waals surface area contributed by atoms with Crippen LogP contribution in [0, 0.1) is 0 Å². The van der Waals surface area contributed by atoms with E-state index < -0.39 is 0 Å². The lowest BCUT2D eigenvalue weighted by Gasteiger charge is -2.20. The second kappa shape index (κ2) is 8.57. The molecule has 0 saturated carbocycles. The molecule has 122 valence electrons. The Labute approximate surface area is 130 Å². The summed E-state index contributed by atoms with van der Waals surface area (Å²) in [4.78, 5) is 14.1. The fourth-order valence-corrected chi connectivity index (χ4v) is 2.09. The van der Waals surface area contributed by atoms with Crippen molar-refractivity contribution in [3.8, 4) is 11.5 Å². The molecule has 0 bridgehead atoms. The Morgan fingerprint density at radius 3 is 2.55 bits per heavy atom. The van der Waals surface area contributed by atoms with Gasteiger partial charge in [0.2, 0.25) is 12.7 Å². The number of carbonyl (C=O) groups is 1.